The smallest absolute Gasteiger partial charge is 0.255 e. The Morgan fingerprint density at radius 3 is 2.24 bits per heavy atom. The molecule has 6 nitrogen and oxygen atoms in total. The van der Waals surface area contributed by atoms with E-state index in [4.69, 9.17) is 10.8 Å². The number of nitrogens with zero attached hydrogens (tertiary/aromatic N) is 1. The fourth-order valence-corrected chi connectivity index (χ4v) is 5.71. The molecule has 2 amide bonds. The molecule has 1 saturated carbocycles. The van der Waals surface area contributed by atoms with Crippen molar-refractivity contribution in [1.29, 1.82) is 0 Å². The predicted molar refractivity (Wildman–Crippen MR) is 144 cm³/mol. The highest BCUT2D eigenvalue weighted by Crippen LogP contribution is 2.46. The zero-order chi connectivity index (χ0) is 26.5. The summed E-state index contributed by atoms with van der Waals surface area (Å²) in [5.74, 6) is -1.24. The first-order valence-corrected chi connectivity index (χ1v) is 12.9. The number of aryl methyl sites for hydroxylation is 2. The summed E-state index contributed by atoms with van der Waals surface area (Å²) in [5, 5.41) is 19.3. The highest BCUT2D eigenvalue weighted by molar-refractivity contribution is 6.01. The number of aliphatic hydroxyl groups excluding tert-OH is 2. The van der Waals surface area contributed by atoms with Gasteiger partial charge >= 0.3 is 0 Å². The van der Waals surface area contributed by atoms with Crippen molar-refractivity contribution in [3.05, 3.63) is 106 Å². The SMILES string of the molecule is Cc1ccc(C2C(C(N)=O)c3ccccc3C(=O)N2C2CCCCC2O)c(C)c1.OCc1ccccc1. The van der Waals surface area contributed by atoms with E-state index in [0.29, 0.717) is 17.5 Å². The lowest BCUT2D eigenvalue weighted by atomic mass is 9.76. The van der Waals surface area contributed by atoms with E-state index >= 15 is 0 Å². The zero-order valence-electron chi connectivity index (χ0n) is 21.5. The van der Waals surface area contributed by atoms with Crippen LogP contribution in [0.15, 0.2) is 72.8 Å². The van der Waals surface area contributed by atoms with Crippen molar-refractivity contribution in [2.75, 3.05) is 0 Å². The van der Waals surface area contributed by atoms with Gasteiger partial charge in [0.1, 0.15) is 0 Å². The van der Waals surface area contributed by atoms with E-state index < -0.39 is 24.0 Å². The first-order chi connectivity index (χ1) is 17.8. The second-order valence-electron chi connectivity index (χ2n) is 10.0. The van der Waals surface area contributed by atoms with E-state index in [1.807, 2.05) is 74.5 Å². The molecule has 1 aliphatic heterocycles. The van der Waals surface area contributed by atoms with Gasteiger partial charge in [-0.2, -0.15) is 0 Å². The van der Waals surface area contributed by atoms with Crippen molar-refractivity contribution in [1.82, 2.24) is 4.90 Å². The molecule has 0 saturated heterocycles. The number of hydrogen-bond acceptors (Lipinski definition) is 4. The molecule has 3 aromatic rings. The molecule has 37 heavy (non-hydrogen) atoms. The van der Waals surface area contributed by atoms with E-state index in [2.05, 4.69) is 6.07 Å². The summed E-state index contributed by atoms with van der Waals surface area (Å²) in [4.78, 5) is 28.1. The van der Waals surface area contributed by atoms with Crippen LogP contribution in [0.4, 0.5) is 0 Å². The first kappa shape index (κ1) is 26.6. The van der Waals surface area contributed by atoms with Crippen molar-refractivity contribution >= 4 is 11.8 Å². The number of carbonyl (C=O) groups excluding carboxylic acids is 2. The van der Waals surface area contributed by atoms with Crippen LogP contribution >= 0.6 is 0 Å². The molecule has 3 aromatic carbocycles. The van der Waals surface area contributed by atoms with Crippen molar-refractivity contribution in [3.8, 4) is 0 Å². The van der Waals surface area contributed by atoms with Gasteiger partial charge in [0, 0.05) is 5.56 Å². The summed E-state index contributed by atoms with van der Waals surface area (Å²) in [5.41, 5.74) is 11.1. The van der Waals surface area contributed by atoms with Crippen molar-refractivity contribution in [2.24, 2.45) is 5.73 Å². The van der Waals surface area contributed by atoms with Crippen molar-refractivity contribution in [3.63, 3.8) is 0 Å². The maximum Gasteiger partial charge on any atom is 0.255 e. The minimum absolute atomic E-state index is 0.131. The van der Waals surface area contributed by atoms with Crippen LogP contribution in [0.3, 0.4) is 0 Å². The van der Waals surface area contributed by atoms with Crippen LogP contribution in [0.5, 0.6) is 0 Å². The Labute approximate surface area is 218 Å². The van der Waals surface area contributed by atoms with E-state index in [1.165, 1.54) is 0 Å². The highest BCUT2D eigenvalue weighted by atomic mass is 16.3. The minimum Gasteiger partial charge on any atom is -0.392 e. The second-order valence-corrected chi connectivity index (χ2v) is 10.0. The van der Waals surface area contributed by atoms with Gasteiger partial charge in [-0.15, -0.1) is 0 Å². The van der Waals surface area contributed by atoms with Crippen LogP contribution in [-0.2, 0) is 11.4 Å². The Hall–Kier alpha value is -3.48. The molecule has 1 fully saturated rings. The van der Waals surface area contributed by atoms with Gasteiger partial charge in [-0.1, -0.05) is 85.1 Å². The Balaban J connectivity index is 0.000000342. The molecular formula is C31H36N2O4. The molecule has 0 spiro atoms. The molecule has 5 rings (SSSR count). The lowest BCUT2D eigenvalue weighted by Crippen LogP contribution is -2.55. The number of benzene rings is 3. The quantitative estimate of drug-likeness (QED) is 0.489. The van der Waals surface area contributed by atoms with E-state index in [-0.39, 0.29) is 18.6 Å². The molecule has 1 aliphatic carbocycles. The van der Waals surface area contributed by atoms with Gasteiger partial charge in [0.2, 0.25) is 5.91 Å². The molecule has 0 aromatic heterocycles. The monoisotopic (exact) mass is 500 g/mol. The van der Waals surface area contributed by atoms with Gasteiger partial charge in [-0.05, 0) is 55.0 Å². The predicted octanol–water partition coefficient (Wildman–Crippen LogP) is 4.55. The Bertz CT molecular complexity index is 1240. The highest BCUT2D eigenvalue weighted by Gasteiger charge is 2.48. The standard InChI is InChI=1S/C24H28N2O3.C7H8O/c1-14-11-12-16(15(2)13-14)22-21(23(25)28)17-7-3-4-8-18(17)24(29)26(22)19-9-5-6-10-20(19)27;8-6-7-4-2-1-3-5-7/h3-4,7-8,11-13,19-22,27H,5-6,9-10H2,1-2H3,(H2,25,28);1-5,8H,6H2. The van der Waals surface area contributed by atoms with E-state index in [9.17, 15) is 14.7 Å². The second kappa shape index (κ2) is 11.7. The van der Waals surface area contributed by atoms with Crippen LogP contribution in [0.1, 0.15) is 75.8 Å². The normalized spacial score (nSPS) is 23.0. The zero-order valence-corrected chi connectivity index (χ0v) is 21.5. The molecule has 6 heteroatoms. The third kappa shape index (κ3) is 5.60. The molecule has 1 heterocycles. The van der Waals surface area contributed by atoms with Crippen LogP contribution in [-0.4, -0.2) is 39.1 Å². The fraction of sp³-hybridized carbons (Fsp3) is 0.355. The van der Waals surface area contributed by atoms with Gasteiger partial charge in [0.25, 0.3) is 5.91 Å². The lowest BCUT2D eigenvalue weighted by Gasteiger charge is -2.48. The summed E-state index contributed by atoms with van der Waals surface area (Å²) in [6, 6.07) is 22.0. The number of fused-ring (bicyclic) bond motifs is 1. The van der Waals surface area contributed by atoms with Crippen LogP contribution < -0.4 is 5.73 Å². The Morgan fingerprint density at radius 1 is 0.946 bits per heavy atom. The van der Waals surface area contributed by atoms with Crippen molar-refractivity contribution in [2.45, 2.75) is 70.2 Å². The Kier molecular flexibility index (Phi) is 8.41. The number of aliphatic hydroxyl groups is 2. The molecular weight excluding hydrogens is 464 g/mol. The minimum atomic E-state index is -0.653. The molecule has 0 radical (unpaired) electrons. The van der Waals surface area contributed by atoms with Crippen LogP contribution in [0.2, 0.25) is 0 Å². The number of rotatable bonds is 4. The van der Waals surface area contributed by atoms with E-state index in [1.54, 1.807) is 11.0 Å². The summed E-state index contributed by atoms with van der Waals surface area (Å²) in [6.07, 6.45) is 2.69. The number of primary amides is 1. The number of amides is 2. The topological polar surface area (TPSA) is 104 Å². The number of nitrogens with two attached hydrogens (primary N) is 1. The summed E-state index contributed by atoms with van der Waals surface area (Å²) < 4.78 is 0. The molecule has 2 aliphatic rings. The maximum absolute atomic E-state index is 13.7. The number of hydrogen-bond donors (Lipinski definition) is 3. The first-order valence-electron chi connectivity index (χ1n) is 12.9. The van der Waals surface area contributed by atoms with Crippen molar-refractivity contribution < 1.29 is 19.8 Å². The molecule has 194 valence electrons. The van der Waals surface area contributed by atoms with Gasteiger partial charge in [-0.3, -0.25) is 9.59 Å². The summed E-state index contributed by atoms with van der Waals surface area (Å²) >= 11 is 0. The van der Waals surface area contributed by atoms with Crippen LogP contribution in [0.25, 0.3) is 0 Å². The van der Waals surface area contributed by atoms with Gasteiger partial charge in [0.05, 0.1) is 30.7 Å². The summed E-state index contributed by atoms with van der Waals surface area (Å²) in [7, 11) is 0. The maximum atomic E-state index is 13.7. The molecule has 0 bridgehead atoms. The van der Waals surface area contributed by atoms with Gasteiger partial charge in [-0.25, -0.2) is 0 Å². The van der Waals surface area contributed by atoms with E-state index in [0.717, 1.165) is 41.5 Å². The molecule has 4 N–H and O–H groups in total. The van der Waals surface area contributed by atoms with Crippen LogP contribution in [0, 0.1) is 13.8 Å². The lowest BCUT2D eigenvalue weighted by molar-refractivity contribution is -0.121. The summed E-state index contributed by atoms with van der Waals surface area (Å²) in [6.45, 7) is 4.16. The third-order valence-electron chi connectivity index (χ3n) is 7.50. The number of carbonyl (C=O) groups is 2. The average molecular weight is 501 g/mol. The largest absolute Gasteiger partial charge is 0.392 e. The third-order valence-corrected chi connectivity index (χ3v) is 7.50. The molecule has 4 atom stereocenters. The molecule has 4 unspecified atom stereocenters. The van der Waals surface area contributed by atoms with Gasteiger partial charge in [0.15, 0.2) is 0 Å². The Morgan fingerprint density at radius 2 is 1.62 bits per heavy atom. The average Bonchev–Trinajstić information content (AvgIpc) is 2.90. The van der Waals surface area contributed by atoms with Gasteiger partial charge < -0.3 is 20.8 Å². The fourth-order valence-electron chi connectivity index (χ4n) is 5.71.